The topological polar surface area (TPSA) is 46.5 Å². The van der Waals surface area contributed by atoms with Crippen molar-refractivity contribution in [2.75, 3.05) is 0 Å². The molecule has 2 heterocycles. The molecule has 0 atom stereocenters. The molecule has 2 aromatic heterocycles. The van der Waals surface area contributed by atoms with Gasteiger partial charge in [0.25, 0.3) is 0 Å². The van der Waals surface area contributed by atoms with Crippen LogP contribution in [0, 0.1) is 4.77 Å². The number of aromatic nitrogens is 4. The zero-order valence-corrected chi connectivity index (χ0v) is 15.0. The summed E-state index contributed by atoms with van der Waals surface area (Å²) in [6.07, 6.45) is -4.51. The van der Waals surface area contributed by atoms with Gasteiger partial charge < -0.3 is 0 Å². The third-order valence-corrected chi connectivity index (χ3v) is 4.61. The Morgan fingerprint density at radius 1 is 1.04 bits per heavy atom. The van der Waals surface area contributed by atoms with E-state index in [1.54, 1.807) is 6.07 Å². The van der Waals surface area contributed by atoms with Gasteiger partial charge in [-0.1, -0.05) is 35.9 Å². The number of fused-ring (bicyclic) bond motifs is 1. The van der Waals surface area contributed by atoms with Crippen molar-refractivity contribution in [3.8, 4) is 17.2 Å². The van der Waals surface area contributed by atoms with Gasteiger partial charge in [-0.05, 0) is 42.5 Å². The van der Waals surface area contributed by atoms with Crippen LogP contribution in [0.5, 0.6) is 0 Å². The van der Waals surface area contributed by atoms with Crippen molar-refractivity contribution in [2.45, 2.75) is 6.18 Å². The summed E-state index contributed by atoms with van der Waals surface area (Å²) in [4.78, 5) is 4.53. The lowest BCUT2D eigenvalue weighted by Crippen LogP contribution is -2.07. The largest absolute Gasteiger partial charge is 0.416 e. The van der Waals surface area contributed by atoms with Crippen molar-refractivity contribution < 1.29 is 13.2 Å². The van der Waals surface area contributed by atoms with Crippen molar-refractivity contribution in [1.29, 1.82) is 0 Å². The molecule has 27 heavy (non-hydrogen) atoms. The Balaban J connectivity index is 1.94. The van der Waals surface area contributed by atoms with Crippen LogP contribution in [0.1, 0.15) is 5.56 Å². The first-order valence-corrected chi connectivity index (χ1v) is 8.54. The molecule has 0 aliphatic rings. The second-order valence-electron chi connectivity index (χ2n) is 5.74. The second-order valence-corrected chi connectivity index (χ2v) is 6.53. The molecule has 2 aromatic carbocycles. The summed E-state index contributed by atoms with van der Waals surface area (Å²) in [6.45, 7) is 0. The van der Waals surface area contributed by atoms with E-state index in [1.165, 1.54) is 10.6 Å². The molecule has 0 bridgehead atoms. The summed E-state index contributed by atoms with van der Waals surface area (Å²) in [7, 11) is 0. The van der Waals surface area contributed by atoms with Crippen LogP contribution in [0.15, 0.2) is 54.6 Å². The number of H-pyrrole nitrogens is 1. The van der Waals surface area contributed by atoms with Crippen LogP contribution in [-0.4, -0.2) is 19.7 Å². The number of alkyl halides is 3. The Morgan fingerprint density at radius 3 is 2.59 bits per heavy atom. The molecular formula is C18H10ClF3N4S. The summed E-state index contributed by atoms with van der Waals surface area (Å²) in [5, 5.41) is 7.79. The fraction of sp³-hybridized carbons (Fsp3) is 0.0556. The fourth-order valence-electron chi connectivity index (χ4n) is 2.74. The number of rotatable bonds is 2. The van der Waals surface area contributed by atoms with E-state index in [-0.39, 0.29) is 21.3 Å². The number of halogens is 4. The molecule has 0 aliphatic carbocycles. The van der Waals surface area contributed by atoms with E-state index in [9.17, 15) is 13.2 Å². The number of nitrogens with zero attached hydrogens (tertiary/aromatic N) is 3. The highest BCUT2D eigenvalue weighted by Gasteiger charge is 2.31. The first kappa shape index (κ1) is 17.7. The number of para-hydroxylation sites is 1. The smallest absolute Gasteiger partial charge is 0.265 e. The van der Waals surface area contributed by atoms with Crippen LogP contribution in [0.4, 0.5) is 13.2 Å². The minimum Gasteiger partial charge on any atom is -0.265 e. The van der Waals surface area contributed by atoms with Gasteiger partial charge in [0.1, 0.15) is 5.69 Å². The third-order valence-electron chi connectivity index (χ3n) is 4.01. The van der Waals surface area contributed by atoms with E-state index < -0.39 is 11.7 Å². The highest BCUT2D eigenvalue weighted by molar-refractivity contribution is 7.71. The zero-order chi connectivity index (χ0) is 19.2. The van der Waals surface area contributed by atoms with E-state index in [1.807, 2.05) is 30.3 Å². The van der Waals surface area contributed by atoms with Gasteiger partial charge in [-0.3, -0.25) is 9.67 Å². The van der Waals surface area contributed by atoms with Gasteiger partial charge >= 0.3 is 6.18 Å². The molecule has 0 saturated carbocycles. The third kappa shape index (κ3) is 3.22. The monoisotopic (exact) mass is 406 g/mol. The first-order valence-electron chi connectivity index (χ1n) is 7.75. The number of aromatic amines is 1. The Hall–Kier alpha value is -2.71. The van der Waals surface area contributed by atoms with E-state index >= 15 is 0 Å². The number of nitrogens with one attached hydrogen (secondary N) is 1. The Bertz CT molecular complexity index is 1210. The normalized spacial score (nSPS) is 11.9. The lowest BCUT2D eigenvalue weighted by atomic mass is 10.1. The van der Waals surface area contributed by atoms with Crippen LogP contribution in [0.25, 0.3) is 28.1 Å². The Kier molecular flexibility index (Phi) is 4.24. The maximum atomic E-state index is 13.1. The SMILES string of the molecule is FC(F)(F)c1ccc(Cl)c(-n2c(-c3ccc4ccccc4n3)n[nH]c2=S)c1. The maximum absolute atomic E-state index is 13.1. The second kappa shape index (κ2) is 6.47. The van der Waals surface area contributed by atoms with Crippen LogP contribution in [0.2, 0.25) is 5.02 Å². The lowest BCUT2D eigenvalue weighted by molar-refractivity contribution is -0.137. The number of hydrogen-bond donors (Lipinski definition) is 1. The zero-order valence-electron chi connectivity index (χ0n) is 13.5. The molecule has 0 saturated heterocycles. The molecule has 4 aromatic rings. The molecule has 9 heteroatoms. The van der Waals surface area contributed by atoms with Crippen molar-refractivity contribution in [3.63, 3.8) is 0 Å². The summed E-state index contributed by atoms with van der Waals surface area (Å²) < 4.78 is 40.8. The lowest BCUT2D eigenvalue weighted by Gasteiger charge is -2.12. The van der Waals surface area contributed by atoms with Gasteiger partial charge in [-0.2, -0.15) is 18.3 Å². The molecule has 0 radical (unpaired) electrons. The molecule has 136 valence electrons. The van der Waals surface area contributed by atoms with Crippen LogP contribution < -0.4 is 0 Å². The molecule has 0 aliphatic heterocycles. The quantitative estimate of drug-likeness (QED) is 0.427. The summed E-state index contributed by atoms with van der Waals surface area (Å²) in [6, 6.07) is 14.1. The molecule has 4 nitrogen and oxygen atoms in total. The highest BCUT2D eigenvalue weighted by atomic mass is 35.5. The molecular weight excluding hydrogens is 397 g/mol. The Morgan fingerprint density at radius 2 is 1.81 bits per heavy atom. The number of hydrogen-bond acceptors (Lipinski definition) is 3. The predicted octanol–water partition coefficient (Wildman–Crippen LogP) is 5.82. The molecule has 0 fully saturated rings. The number of pyridine rings is 1. The maximum Gasteiger partial charge on any atom is 0.416 e. The van der Waals surface area contributed by atoms with E-state index in [2.05, 4.69) is 15.2 Å². The minimum absolute atomic E-state index is 0.0789. The van der Waals surface area contributed by atoms with Gasteiger partial charge in [0.05, 0.1) is 21.8 Å². The highest BCUT2D eigenvalue weighted by Crippen LogP contribution is 2.34. The van der Waals surface area contributed by atoms with Crippen LogP contribution in [-0.2, 0) is 6.18 Å². The summed E-state index contributed by atoms with van der Waals surface area (Å²) in [5.74, 6) is 0.270. The van der Waals surface area contributed by atoms with Crippen LogP contribution in [0.3, 0.4) is 0 Å². The number of benzene rings is 2. The molecule has 0 unspecified atom stereocenters. The van der Waals surface area contributed by atoms with Gasteiger partial charge in [-0.25, -0.2) is 4.98 Å². The molecule has 0 spiro atoms. The summed E-state index contributed by atoms with van der Waals surface area (Å²) >= 11 is 11.4. The van der Waals surface area contributed by atoms with Crippen molar-refractivity contribution in [1.82, 2.24) is 19.7 Å². The summed E-state index contributed by atoms with van der Waals surface area (Å²) in [5.41, 5.74) is 0.428. The van der Waals surface area contributed by atoms with Gasteiger partial charge in [0, 0.05) is 5.39 Å². The standard InChI is InChI=1S/C18H10ClF3N4S/c19-12-7-6-11(18(20,21)22)9-15(12)26-16(24-25-17(26)27)14-8-5-10-3-1-2-4-13(10)23-14/h1-9H,(H,25,27). The average Bonchev–Trinajstić information content (AvgIpc) is 3.02. The molecule has 1 N–H and O–H groups in total. The molecule has 4 rings (SSSR count). The van der Waals surface area contributed by atoms with Crippen molar-refractivity contribution in [3.05, 3.63) is 70.0 Å². The predicted molar refractivity (Wildman–Crippen MR) is 99.5 cm³/mol. The van der Waals surface area contributed by atoms with Gasteiger partial charge in [0.2, 0.25) is 0 Å². The van der Waals surface area contributed by atoms with Gasteiger partial charge in [-0.15, -0.1) is 0 Å². The van der Waals surface area contributed by atoms with Crippen molar-refractivity contribution >= 4 is 34.7 Å². The first-order chi connectivity index (χ1) is 12.8. The average molecular weight is 407 g/mol. The fourth-order valence-corrected chi connectivity index (χ4v) is 3.18. The minimum atomic E-state index is -4.51. The molecule has 0 amide bonds. The van der Waals surface area contributed by atoms with Crippen molar-refractivity contribution in [2.24, 2.45) is 0 Å². The van der Waals surface area contributed by atoms with E-state index in [4.69, 9.17) is 23.8 Å². The van der Waals surface area contributed by atoms with Gasteiger partial charge in [0.15, 0.2) is 10.6 Å². The van der Waals surface area contributed by atoms with E-state index in [0.29, 0.717) is 5.69 Å². The Labute approximate surface area is 161 Å². The van der Waals surface area contributed by atoms with E-state index in [0.717, 1.165) is 23.0 Å². The van der Waals surface area contributed by atoms with Crippen LogP contribution >= 0.6 is 23.8 Å².